The molecule has 0 spiro atoms. The fourth-order valence-corrected chi connectivity index (χ4v) is 0.683. The van der Waals surface area contributed by atoms with Crippen LogP contribution in [-0.4, -0.2) is 19.5 Å². The second kappa shape index (κ2) is 6.59. The van der Waals surface area contributed by atoms with Crippen LogP contribution in [0, 0.1) is 16.6 Å². The molecule has 0 unspecified atom stereocenters. The van der Waals surface area contributed by atoms with Crippen LogP contribution >= 0.6 is 0 Å². The second-order valence-corrected chi connectivity index (χ2v) is 2.23. The van der Waals surface area contributed by atoms with E-state index in [0.29, 0.717) is 5.69 Å². The minimum Gasteiger partial charge on any atom is -0.494 e. The topological polar surface area (TPSA) is 83.0 Å². The Morgan fingerprint density at radius 2 is 1.93 bits per heavy atom. The quantitative estimate of drug-likeness (QED) is 0.498. The molecular weight excluding hydrogens is 185 g/mol. The van der Waals surface area contributed by atoms with Crippen LogP contribution in [0.2, 0.25) is 0 Å². The highest BCUT2D eigenvalue weighted by Gasteiger charge is 1.99. The summed E-state index contributed by atoms with van der Waals surface area (Å²) in [6, 6.07) is 4.30. The second-order valence-electron chi connectivity index (χ2n) is 2.23. The summed E-state index contributed by atoms with van der Waals surface area (Å²) in [6.45, 7) is 0. The SMILES string of the molecule is COc1ccc(N)cc1F.N=CC=N. The van der Waals surface area contributed by atoms with E-state index in [-0.39, 0.29) is 5.75 Å². The van der Waals surface area contributed by atoms with Crippen LogP contribution in [0.5, 0.6) is 5.75 Å². The molecule has 0 amide bonds. The molecule has 0 radical (unpaired) electrons. The van der Waals surface area contributed by atoms with Gasteiger partial charge in [-0.05, 0) is 12.1 Å². The summed E-state index contributed by atoms with van der Waals surface area (Å²) in [4.78, 5) is 0. The molecule has 4 nitrogen and oxygen atoms in total. The number of ether oxygens (including phenoxy) is 1. The largest absolute Gasteiger partial charge is 0.494 e. The molecule has 0 saturated heterocycles. The van der Waals surface area contributed by atoms with Gasteiger partial charge in [0, 0.05) is 24.2 Å². The molecule has 0 saturated carbocycles. The number of hydrogen-bond acceptors (Lipinski definition) is 4. The minimum atomic E-state index is -0.428. The fourth-order valence-electron chi connectivity index (χ4n) is 0.683. The maximum Gasteiger partial charge on any atom is 0.167 e. The van der Waals surface area contributed by atoms with Crippen molar-refractivity contribution in [1.29, 1.82) is 10.8 Å². The van der Waals surface area contributed by atoms with Gasteiger partial charge in [0.15, 0.2) is 11.6 Å². The molecule has 4 N–H and O–H groups in total. The van der Waals surface area contributed by atoms with Crippen molar-refractivity contribution in [2.75, 3.05) is 12.8 Å². The van der Waals surface area contributed by atoms with E-state index in [0.717, 1.165) is 12.4 Å². The molecule has 0 aliphatic rings. The average molecular weight is 197 g/mol. The van der Waals surface area contributed by atoms with E-state index in [1.165, 1.54) is 19.2 Å². The number of halogens is 1. The number of nitrogen functional groups attached to an aromatic ring is 1. The van der Waals surface area contributed by atoms with Crippen molar-refractivity contribution in [3.8, 4) is 5.75 Å². The third kappa shape index (κ3) is 4.20. The summed E-state index contributed by atoms with van der Waals surface area (Å²) < 4.78 is 17.3. The van der Waals surface area contributed by atoms with E-state index in [9.17, 15) is 4.39 Å². The summed E-state index contributed by atoms with van der Waals surface area (Å²) in [5, 5.41) is 12.2. The summed E-state index contributed by atoms with van der Waals surface area (Å²) in [6.07, 6.45) is 1.83. The van der Waals surface area contributed by atoms with Gasteiger partial charge in [0.05, 0.1) is 7.11 Å². The Hall–Kier alpha value is -1.91. The third-order valence-corrected chi connectivity index (χ3v) is 1.26. The number of nitrogens with two attached hydrogens (primary N) is 1. The van der Waals surface area contributed by atoms with Gasteiger partial charge in [-0.2, -0.15) is 0 Å². The molecule has 0 aliphatic carbocycles. The molecule has 0 bridgehead atoms. The minimum absolute atomic E-state index is 0.217. The lowest BCUT2D eigenvalue weighted by Gasteiger charge is -2.00. The van der Waals surface area contributed by atoms with Crippen molar-refractivity contribution in [2.45, 2.75) is 0 Å². The maximum absolute atomic E-state index is 12.6. The van der Waals surface area contributed by atoms with Gasteiger partial charge in [-0.1, -0.05) is 0 Å². The van der Waals surface area contributed by atoms with Crippen LogP contribution in [0.15, 0.2) is 18.2 Å². The van der Waals surface area contributed by atoms with Crippen molar-refractivity contribution in [1.82, 2.24) is 0 Å². The lowest BCUT2D eigenvalue weighted by atomic mass is 10.3. The molecule has 5 heteroatoms. The van der Waals surface area contributed by atoms with Gasteiger partial charge in [0.25, 0.3) is 0 Å². The number of nitrogens with one attached hydrogen (secondary N) is 2. The van der Waals surface area contributed by atoms with Gasteiger partial charge in [-0.3, -0.25) is 0 Å². The van der Waals surface area contributed by atoms with Crippen molar-refractivity contribution in [3.63, 3.8) is 0 Å². The molecule has 0 fully saturated rings. The standard InChI is InChI=1S/C7H8FNO.C2H4N2/c1-10-7-3-2-5(9)4-6(7)8;3-1-2-4/h2-4H,9H2,1H3;1-4H. The smallest absolute Gasteiger partial charge is 0.167 e. The molecule has 0 atom stereocenters. The summed E-state index contributed by atoms with van der Waals surface area (Å²) in [5.74, 6) is -0.211. The summed E-state index contributed by atoms with van der Waals surface area (Å²) in [5.41, 5.74) is 5.69. The first-order valence-electron chi connectivity index (χ1n) is 3.74. The fraction of sp³-hybridized carbons (Fsp3) is 0.111. The van der Waals surface area contributed by atoms with Gasteiger partial charge in [0.1, 0.15) is 0 Å². The summed E-state index contributed by atoms with van der Waals surface area (Å²) >= 11 is 0. The van der Waals surface area contributed by atoms with Crippen LogP contribution in [0.25, 0.3) is 0 Å². The zero-order chi connectivity index (χ0) is 11.0. The first-order valence-corrected chi connectivity index (χ1v) is 3.74. The number of hydrogen-bond donors (Lipinski definition) is 3. The summed E-state index contributed by atoms with van der Waals surface area (Å²) in [7, 11) is 1.41. The van der Waals surface area contributed by atoms with E-state index < -0.39 is 5.82 Å². The monoisotopic (exact) mass is 197 g/mol. The molecule has 0 heterocycles. The number of methoxy groups -OCH3 is 1. The van der Waals surface area contributed by atoms with Gasteiger partial charge >= 0.3 is 0 Å². The van der Waals surface area contributed by atoms with E-state index in [4.69, 9.17) is 16.6 Å². The Kier molecular flexibility index (Phi) is 5.69. The predicted octanol–water partition coefficient (Wildman–Crippen LogP) is 1.70. The van der Waals surface area contributed by atoms with E-state index >= 15 is 0 Å². The van der Waals surface area contributed by atoms with Crippen LogP contribution in [0.3, 0.4) is 0 Å². The lowest BCUT2D eigenvalue weighted by molar-refractivity contribution is 0.387. The van der Waals surface area contributed by atoms with Crippen molar-refractivity contribution < 1.29 is 9.13 Å². The van der Waals surface area contributed by atoms with Crippen molar-refractivity contribution in [3.05, 3.63) is 24.0 Å². The van der Waals surface area contributed by atoms with Crippen molar-refractivity contribution in [2.24, 2.45) is 0 Å². The van der Waals surface area contributed by atoms with E-state index in [1.807, 2.05) is 0 Å². The Balaban J connectivity index is 0.000000364. The first-order chi connectivity index (χ1) is 6.65. The highest BCUT2D eigenvalue weighted by Crippen LogP contribution is 2.18. The lowest BCUT2D eigenvalue weighted by Crippen LogP contribution is -1.90. The number of anilines is 1. The molecule has 76 valence electrons. The van der Waals surface area contributed by atoms with Gasteiger partial charge in [-0.15, -0.1) is 0 Å². The normalized spacial score (nSPS) is 8.14. The zero-order valence-corrected chi connectivity index (χ0v) is 7.75. The van der Waals surface area contributed by atoms with Gasteiger partial charge < -0.3 is 21.3 Å². The Bertz CT molecular complexity index is 309. The predicted molar refractivity (Wildman–Crippen MR) is 54.9 cm³/mol. The molecule has 1 aromatic rings. The average Bonchev–Trinajstić information content (AvgIpc) is 2.18. The first kappa shape index (κ1) is 12.1. The van der Waals surface area contributed by atoms with Crippen LogP contribution in [0.4, 0.5) is 10.1 Å². The highest BCUT2D eigenvalue weighted by molar-refractivity contribution is 6.12. The maximum atomic E-state index is 12.6. The van der Waals surface area contributed by atoms with Crippen LogP contribution in [0.1, 0.15) is 0 Å². The van der Waals surface area contributed by atoms with E-state index in [1.54, 1.807) is 6.07 Å². The van der Waals surface area contributed by atoms with Gasteiger partial charge in [-0.25, -0.2) is 4.39 Å². The Morgan fingerprint density at radius 3 is 2.29 bits per heavy atom. The third-order valence-electron chi connectivity index (χ3n) is 1.26. The molecular formula is C9H12FN3O. The van der Waals surface area contributed by atoms with Crippen LogP contribution in [-0.2, 0) is 0 Å². The molecule has 0 aliphatic heterocycles. The Morgan fingerprint density at radius 1 is 1.36 bits per heavy atom. The highest BCUT2D eigenvalue weighted by atomic mass is 19.1. The van der Waals surface area contributed by atoms with Crippen molar-refractivity contribution >= 4 is 18.1 Å². The molecule has 0 aromatic heterocycles. The molecule has 1 rings (SSSR count). The number of benzene rings is 1. The van der Waals surface area contributed by atoms with E-state index in [2.05, 4.69) is 4.74 Å². The number of rotatable bonds is 2. The van der Waals surface area contributed by atoms with Crippen LogP contribution < -0.4 is 10.5 Å². The molecule has 1 aromatic carbocycles. The molecule has 14 heavy (non-hydrogen) atoms. The van der Waals surface area contributed by atoms with Gasteiger partial charge in [0.2, 0.25) is 0 Å². The zero-order valence-electron chi connectivity index (χ0n) is 7.75. The Labute approximate surface area is 81.5 Å².